The van der Waals surface area contributed by atoms with Crippen molar-refractivity contribution >= 4 is 51.0 Å². The fraction of sp³-hybridized carbons (Fsp3) is 0.233. The predicted molar refractivity (Wildman–Crippen MR) is 160 cm³/mol. The van der Waals surface area contributed by atoms with E-state index in [2.05, 4.69) is 21.2 Å². The van der Waals surface area contributed by atoms with Gasteiger partial charge in [0.05, 0.1) is 7.11 Å². The Hall–Kier alpha value is -3.27. The minimum atomic E-state index is -0.421. The average molecular weight is 638 g/mol. The van der Waals surface area contributed by atoms with Crippen LogP contribution in [0.25, 0.3) is 0 Å². The molecule has 7 nitrogen and oxygen atoms in total. The van der Waals surface area contributed by atoms with E-state index in [0.29, 0.717) is 46.4 Å². The number of Topliss-reactive ketones (excluding diaryl/α,β-unsaturated/α-hetero) is 1. The number of carbonyl (C=O) groups is 1. The third-order valence-corrected chi connectivity index (χ3v) is 8.76. The summed E-state index contributed by atoms with van der Waals surface area (Å²) < 4.78 is 14.7. The van der Waals surface area contributed by atoms with Crippen molar-refractivity contribution in [2.24, 2.45) is 0 Å². The maximum atomic E-state index is 13.2. The van der Waals surface area contributed by atoms with Crippen molar-refractivity contribution in [3.63, 3.8) is 0 Å². The average Bonchev–Trinajstić information content (AvgIpc) is 3.38. The molecule has 0 radical (unpaired) electrons. The highest BCUT2D eigenvalue weighted by molar-refractivity contribution is 9.10. The van der Waals surface area contributed by atoms with E-state index in [4.69, 9.17) is 31.2 Å². The Morgan fingerprint density at radius 3 is 2.73 bits per heavy atom. The predicted octanol–water partition coefficient (Wildman–Crippen LogP) is 7.60. The number of anilines is 1. The number of rotatable bonds is 8. The smallest absolute Gasteiger partial charge is 0.227 e. The highest BCUT2D eigenvalue weighted by Crippen LogP contribution is 2.43. The molecule has 2 aliphatic rings. The van der Waals surface area contributed by atoms with Crippen molar-refractivity contribution in [2.45, 2.75) is 42.8 Å². The molecule has 2 heterocycles. The van der Waals surface area contributed by atoms with Gasteiger partial charge in [0.15, 0.2) is 17.3 Å². The number of nitrogens with zero attached hydrogens (tertiary/aromatic N) is 3. The summed E-state index contributed by atoms with van der Waals surface area (Å²) in [6, 6.07) is 21.1. The van der Waals surface area contributed by atoms with Crippen LogP contribution in [0.5, 0.6) is 11.5 Å². The van der Waals surface area contributed by atoms with Gasteiger partial charge in [0, 0.05) is 32.9 Å². The van der Waals surface area contributed by atoms with Crippen LogP contribution >= 0.6 is 39.3 Å². The SMILES string of the molecule is COc1cc(C2C3=C(CCCC3=O)Nc3nc(SCc4ccccc4Cl)nn32)ccc1OCc1ccc(Br)cc1. The molecule has 204 valence electrons. The molecule has 3 aromatic carbocycles. The number of thioether (sulfide) groups is 1. The van der Waals surface area contributed by atoms with Gasteiger partial charge in [-0.3, -0.25) is 4.79 Å². The summed E-state index contributed by atoms with van der Waals surface area (Å²) >= 11 is 11.3. The summed E-state index contributed by atoms with van der Waals surface area (Å²) in [7, 11) is 1.62. The first-order chi connectivity index (χ1) is 19.5. The number of carbonyl (C=O) groups excluding carboxylic acids is 1. The lowest BCUT2D eigenvalue weighted by Crippen LogP contribution is -2.31. The van der Waals surface area contributed by atoms with E-state index < -0.39 is 6.04 Å². The normalized spacial score (nSPS) is 16.3. The van der Waals surface area contributed by atoms with Crippen LogP contribution in [0.15, 0.2) is 87.6 Å². The lowest BCUT2D eigenvalue weighted by atomic mass is 9.85. The Morgan fingerprint density at radius 2 is 1.93 bits per heavy atom. The van der Waals surface area contributed by atoms with E-state index >= 15 is 0 Å². The van der Waals surface area contributed by atoms with Crippen molar-refractivity contribution in [2.75, 3.05) is 12.4 Å². The van der Waals surface area contributed by atoms with Crippen molar-refractivity contribution in [1.82, 2.24) is 14.8 Å². The molecule has 1 atom stereocenters. The van der Waals surface area contributed by atoms with Crippen LogP contribution < -0.4 is 14.8 Å². The van der Waals surface area contributed by atoms with Gasteiger partial charge in [-0.25, -0.2) is 4.68 Å². The first-order valence-electron chi connectivity index (χ1n) is 12.9. The van der Waals surface area contributed by atoms with Crippen molar-refractivity contribution in [3.8, 4) is 11.5 Å². The van der Waals surface area contributed by atoms with Crippen molar-refractivity contribution < 1.29 is 14.3 Å². The van der Waals surface area contributed by atoms with Crippen molar-refractivity contribution in [1.29, 1.82) is 0 Å². The van der Waals surface area contributed by atoms with Crippen LogP contribution in [-0.2, 0) is 17.2 Å². The number of benzene rings is 3. The number of hydrogen-bond acceptors (Lipinski definition) is 7. The monoisotopic (exact) mass is 636 g/mol. The molecule has 40 heavy (non-hydrogen) atoms. The summed E-state index contributed by atoms with van der Waals surface area (Å²) in [6.45, 7) is 0.406. The van der Waals surface area contributed by atoms with Gasteiger partial charge in [-0.05, 0) is 59.9 Å². The first-order valence-corrected chi connectivity index (χ1v) is 15.1. The molecule has 0 saturated heterocycles. The Morgan fingerprint density at radius 1 is 1.10 bits per heavy atom. The number of ketones is 1. The Balaban J connectivity index is 1.31. The van der Waals surface area contributed by atoms with Crippen LogP contribution in [0.3, 0.4) is 0 Å². The molecule has 0 fully saturated rings. The second-order valence-electron chi connectivity index (χ2n) is 9.56. The number of hydrogen-bond donors (Lipinski definition) is 1. The molecule has 4 aromatic rings. The summed E-state index contributed by atoms with van der Waals surface area (Å²) in [6.07, 6.45) is 2.12. The maximum absolute atomic E-state index is 13.2. The van der Waals surface area contributed by atoms with Crippen LogP contribution in [0.1, 0.15) is 42.0 Å². The van der Waals surface area contributed by atoms with Crippen LogP contribution in [0.4, 0.5) is 5.95 Å². The van der Waals surface area contributed by atoms with E-state index in [-0.39, 0.29) is 5.78 Å². The van der Waals surface area contributed by atoms with Gasteiger partial charge in [-0.1, -0.05) is 75.7 Å². The fourth-order valence-electron chi connectivity index (χ4n) is 4.98. The molecular formula is C30H26BrClN4O3S. The third kappa shape index (κ3) is 5.50. The van der Waals surface area contributed by atoms with E-state index in [9.17, 15) is 4.79 Å². The van der Waals surface area contributed by atoms with E-state index in [0.717, 1.165) is 45.3 Å². The van der Waals surface area contributed by atoms with Gasteiger partial charge in [0.1, 0.15) is 12.6 Å². The molecule has 0 spiro atoms. The van der Waals surface area contributed by atoms with Crippen LogP contribution in [0, 0.1) is 0 Å². The van der Waals surface area contributed by atoms with Gasteiger partial charge in [0.25, 0.3) is 0 Å². The molecule has 0 bridgehead atoms. The lowest BCUT2D eigenvalue weighted by Gasteiger charge is -2.32. The number of nitrogens with one attached hydrogen (secondary N) is 1. The summed E-state index contributed by atoms with van der Waals surface area (Å²) in [5, 5.41) is 9.56. The molecule has 1 aliphatic heterocycles. The molecule has 0 saturated carbocycles. The molecule has 10 heteroatoms. The number of allylic oxidation sites excluding steroid dienone is 2. The zero-order valence-corrected chi connectivity index (χ0v) is 24.9. The van der Waals surface area contributed by atoms with Crippen LogP contribution in [0.2, 0.25) is 5.02 Å². The molecular weight excluding hydrogens is 612 g/mol. The highest BCUT2D eigenvalue weighted by Gasteiger charge is 2.37. The number of fused-ring (bicyclic) bond motifs is 1. The Bertz CT molecular complexity index is 1600. The second-order valence-corrected chi connectivity index (χ2v) is 11.8. The molecule has 1 aromatic heterocycles. The van der Waals surface area contributed by atoms with Gasteiger partial charge in [-0.2, -0.15) is 4.98 Å². The van der Waals surface area contributed by atoms with E-state index in [1.54, 1.807) is 7.11 Å². The molecule has 6 rings (SSSR count). The van der Waals surface area contributed by atoms with Gasteiger partial charge in [0.2, 0.25) is 11.1 Å². The third-order valence-electron chi connectivity index (χ3n) is 6.97. The Kier molecular flexibility index (Phi) is 7.87. The minimum Gasteiger partial charge on any atom is -0.493 e. The molecule has 1 unspecified atom stereocenters. The number of ether oxygens (including phenoxy) is 2. The number of aromatic nitrogens is 3. The summed E-state index contributed by atoms with van der Waals surface area (Å²) in [4.78, 5) is 18.0. The van der Waals surface area contributed by atoms with Gasteiger partial charge >= 0.3 is 0 Å². The first kappa shape index (κ1) is 26.9. The zero-order chi connectivity index (χ0) is 27.6. The lowest BCUT2D eigenvalue weighted by molar-refractivity contribution is -0.116. The van der Waals surface area contributed by atoms with Gasteiger partial charge in [-0.15, -0.1) is 5.10 Å². The number of halogens is 2. The standard InChI is InChI=1S/C30H26BrClN4O3S/c1-38-26-15-19(11-14-25(26)39-16-18-9-12-21(31)13-10-18)28-27-23(7-4-8-24(27)37)33-29-34-30(35-36(28)29)40-17-20-5-2-3-6-22(20)32/h2-3,5-6,9-15,28H,4,7-8,16-17H2,1H3,(H,33,34,35). The van der Waals surface area contributed by atoms with E-state index in [1.807, 2.05) is 71.4 Å². The summed E-state index contributed by atoms with van der Waals surface area (Å²) in [5.41, 5.74) is 4.59. The van der Waals surface area contributed by atoms with Gasteiger partial charge < -0.3 is 14.8 Å². The van der Waals surface area contributed by atoms with Crippen LogP contribution in [-0.4, -0.2) is 27.7 Å². The zero-order valence-electron chi connectivity index (χ0n) is 21.7. The highest BCUT2D eigenvalue weighted by atomic mass is 79.9. The molecule has 1 aliphatic carbocycles. The molecule has 1 N–H and O–H groups in total. The van der Waals surface area contributed by atoms with E-state index in [1.165, 1.54) is 11.8 Å². The quantitative estimate of drug-likeness (QED) is 0.199. The summed E-state index contributed by atoms with van der Waals surface area (Å²) in [5.74, 6) is 2.60. The largest absolute Gasteiger partial charge is 0.493 e. The van der Waals surface area contributed by atoms with Crippen molar-refractivity contribution in [3.05, 3.63) is 104 Å². The maximum Gasteiger partial charge on any atom is 0.227 e. The minimum absolute atomic E-state index is 0.125. The second kappa shape index (κ2) is 11.7. The fourth-order valence-corrected chi connectivity index (χ4v) is 6.36. The Labute approximate surface area is 250 Å². The molecule has 0 amide bonds. The topological polar surface area (TPSA) is 78.3 Å². The number of methoxy groups -OCH3 is 1.